The van der Waals surface area contributed by atoms with Gasteiger partial charge in [0.15, 0.2) is 15.0 Å². The summed E-state index contributed by atoms with van der Waals surface area (Å²) in [6, 6.07) is 19.9. The smallest absolute Gasteiger partial charge is 0.229 e. The molecule has 4 aromatic rings. The summed E-state index contributed by atoms with van der Waals surface area (Å²) in [5, 5.41) is 0.530. The topological polar surface area (TPSA) is 76.6 Å². The molecule has 0 saturated carbocycles. The van der Waals surface area contributed by atoms with Gasteiger partial charge in [0.2, 0.25) is 5.91 Å². The van der Waals surface area contributed by atoms with Crippen LogP contribution in [0.1, 0.15) is 25.3 Å². The second kappa shape index (κ2) is 11.0. The van der Waals surface area contributed by atoms with Crippen molar-refractivity contribution in [1.29, 1.82) is 0 Å². The fourth-order valence-electron chi connectivity index (χ4n) is 3.64. The number of fused-ring (bicyclic) bond motifs is 1. The molecule has 0 saturated heterocycles. The molecule has 0 spiro atoms. The molecule has 0 radical (unpaired) electrons. The van der Waals surface area contributed by atoms with Crippen molar-refractivity contribution in [3.8, 4) is 5.75 Å². The Morgan fingerprint density at radius 1 is 1.03 bits per heavy atom. The van der Waals surface area contributed by atoms with Crippen LogP contribution in [0.4, 0.5) is 9.52 Å². The van der Waals surface area contributed by atoms with Gasteiger partial charge in [-0.25, -0.2) is 17.8 Å². The van der Waals surface area contributed by atoms with Crippen LogP contribution in [-0.4, -0.2) is 31.7 Å². The van der Waals surface area contributed by atoms with Crippen molar-refractivity contribution in [2.24, 2.45) is 0 Å². The first-order chi connectivity index (χ1) is 16.9. The Kier molecular flexibility index (Phi) is 7.77. The summed E-state index contributed by atoms with van der Waals surface area (Å²) in [5.74, 6) is -0.276. The molecule has 1 heterocycles. The van der Waals surface area contributed by atoms with Crippen molar-refractivity contribution in [1.82, 2.24) is 4.98 Å². The van der Waals surface area contributed by atoms with Crippen molar-refractivity contribution < 1.29 is 22.3 Å². The highest BCUT2D eigenvalue weighted by Crippen LogP contribution is 2.35. The lowest BCUT2D eigenvalue weighted by Crippen LogP contribution is -2.30. The number of benzene rings is 3. The molecule has 3 aromatic carbocycles. The maximum Gasteiger partial charge on any atom is 0.229 e. The Morgan fingerprint density at radius 2 is 1.77 bits per heavy atom. The van der Waals surface area contributed by atoms with E-state index in [9.17, 15) is 17.6 Å². The largest absolute Gasteiger partial charge is 0.492 e. The number of hydrogen-bond donors (Lipinski definition) is 0. The highest BCUT2D eigenvalue weighted by Gasteiger charge is 2.22. The van der Waals surface area contributed by atoms with Crippen LogP contribution in [0.5, 0.6) is 5.75 Å². The van der Waals surface area contributed by atoms with Gasteiger partial charge in [-0.2, -0.15) is 0 Å². The van der Waals surface area contributed by atoms with Gasteiger partial charge in [0.1, 0.15) is 17.1 Å². The first kappa shape index (κ1) is 24.8. The Hall–Kier alpha value is -3.30. The van der Waals surface area contributed by atoms with Gasteiger partial charge in [0.25, 0.3) is 0 Å². The lowest BCUT2D eigenvalue weighted by atomic mass is 10.2. The summed E-state index contributed by atoms with van der Waals surface area (Å²) in [7, 11) is -3.62. The number of thiazole rings is 1. The first-order valence-corrected chi connectivity index (χ1v) is 13.7. The molecular weight excluding hydrogens is 487 g/mol. The molecule has 0 aliphatic heterocycles. The second-order valence-corrected chi connectivity index (χ2v) is 11.0. The Morgan fingerprint density at radius 3 is 2.49 bits per heavy atom. The number of ether oxygens (including phenoxy) is 1. The van der Waals surface area contributed by atoms with Gasteiger partial charge < -0.3 is 4.74 Å². The number of carbonyl (C=O) groups is 1. The summed E-state index contributed by atoms with van der Waals surface area (Å²) in [6.45, 7) is 2.71. The number of hydrogen-bond acceptors (Lipinski definition) is 6. The van der Waals surface area contributed by atoms with Gasteiger partial charge in [-0.15, -0.1) is 0 Å². The van der Waals surface area contributed by atoms with Crippen molar-refractivity contribution >= 4 is 42.4 Å². The summed E-state index contributed by atoms with van der Waals surface area (Å²) in [5.41, 5.74) is 1.63. The number of nitrogens with zero attached hydrogens (tertiary/aromatic N) is 2. The van der Waals surface area contributed by atoms with Crippen LogP contribution in [0, 0.1) is 5.82 Å². The molecule has 0 unspecified atom stereocenters. The minimum atomic E-state index is -3.62. The number of aromatic nitrogens is 1. The molecule has 1 aromatic heterocycles. The van der Waals surface area contributed by atoms with Crippen LogP contribution in [0.25, 0.3) is 10.2 Å². The third-order valence-electron chi connectivity index (χ3n) is 5.36. The monoisotopic (exact) mass is 512 g/mol. The molecule has 0 aliphatic rings. The molecule has 6 nitrogen and oxygen atoms in total. The highest BCUT2D eigenvalue weighted by molar-refractivity contribution is 7.91. The maximum absolute atomic E-state index is 13.3. The molecular formula is C26H25FN2O4S2. The van der Waals surface area contributed by atoms with Crippen LogP contribution < -0.4 is 9.64 Å². The lowest BCUT2D eigenvalue weighted by Gasteiger charge is -2.20. The van der Waals surface area contributed by atoms with Crippen LogP contribution in [0.15, 0.2) is 77.7 Å². The molecule has 35 heavy (non-hydrogen) atoms. The number of halogens is 1. The highest BCUT2D eigenvalue weighted by atomic mass is 32.2. The van der Waals surface area contributed by atoms with Crippen molar-refractivity contribution in [3.05, 3.63) is 84.2 Å². The molecule has 0 bridgehead atoms. The average Bonchev–Trinajstić information content (AvgIpc) is 3.28. The molecule has 0 fully saturated rings. The SMILES string of the molecule is CCOc1cccc2sc(N(Cc3ccccc3)C(=O)CCCS(=O)(=O)c3ccc(F)cc3)nc12. The number of sulfone groups is 1. The normalized spacial score (nSPS) is 11.5. The van der Waals surface area contributed by atoms with E-state index in [1.807, 2.05) is 55.5 Å². The van der Waals surface area contributed by atoms with E-state index in [-0.39, 0.29) is 29.4 Å². The van der Waals surface area contributed by atoms with Gasteiger partial charge in [-0.1, -0.05) is 47.7 Å². The Labute approximate surface area is 207 Å². The zero-order valence-electron chi connectivity index (χ0n) is 19.2. The van der Waals surface area contributed by atoms with Crippen molar-refractivity contribution in [2.75, 3.05) is 17.3 Å². The maximum atomic E-state index is 13.3. The van der Waals surface area contributed by atoms with Crippen LogP contribution >= 0.6 is 11.3 Å². The van der Waals surface area contributed by atoms with Crippen molar-refractivity contribution in [2.45, 2.75) is 31.2 Å². The van der Waals surface area contributed by atoms with E-state index >= 15 is 0 Å². The van der Waals surface area contributed by atoms with E-state index in [2.05, 4.69) is 0 Å². The van der Waals surface area contributed by atoms with Gasteiger partial charge in [-0.05, 0) is 55.3 Å². The van der Waals surface area contributed by atoms with E-state index in [4.69, 9.17) is 9.72 Å². The molecule has 0 atom stereocenters. The number of rotatable bonds is 10. The van der Waals surface area contributed by atoms with Crippen molar-refractivity contribution in [3.63, 3.8) is 0 Å². The zero-order valence-corrected chi connectivity index (χ0v) is 20.8. The predicted octanol–water partition coefficient (Wildman–Crippen LogP) is 5.62. The molecule has 9 heteroatoms. The molecule has 182 valence electrons. The van der Waals surface area contributed by atoms with Gasteiger partial charge in [0.05, 0.1) is 28.5 Å². The van der Waals surface area contributed by atoms with Crippen LogP contribution in [0.3, 0.4) is 0 Å². The van der Waals surface area contributed by atoms with Gasteiger partial charge >= 0.3 is 0 Å². The minimum Gasteiger partial charge on any atom is -0.492 e. The zero-order chi connectivity index (χ0) is 24.8. The van der Waals surface area contributed by atoms with E-state index in [1.165, 1.54) is 23.5 Å². The number of amides is 1. The minimum absolute atomic E-state index is 0.0293. The number of carbonyl (C=O) groups excluding carboxylic acids is 1. The lowest BCUT2D eigenvalue weighted by molar-refractivity contribution is -0.118. The Bertz CT molecular complexity index is 1400. The standard InChI is InChI=1S/C26H25FN2O4S2/c1-2-33-22-10-6-11-23-25(22)28-26(34-23)29(18-19-8-4-3-5-9-19)24(30)12-7-17-35(31,32)21-15-13-20(27)14-16-21/h3-6,8-11,13-16H,2,7,12,17-18H2,1H3. The van der Waals surface area contributed by atoms with Gasteiger partial charge in [-0.3, -0.25) is 9.69 Å². The second-order valence-electron chi connectivity index (χ2n) is 7.87. The fraction of sp³-hybridized carbons (Fsp3) is 0.231. The van der Waals surface area contributed by atoms with E-state index in [1.54, 1.807) is 4.90 Å². The molecule has 0 N–H and O–H groups in total. The van der Waals surface area contributed by atoms with E-state index in [0.29, 0.717) is 29.5 Å². The molecule has 1 amide bonds. The van der Waals surface area contributed by atoms with E-state index < -0.39 is 15.7 Å². The molecule has 4 rings (SSSR count). The van der Waals surface area contributed by atoms with Crippen LogP contribution in [-0.2, 0) is 21.2 Å². The summed E-state index contributed by atoms with van der Waals surface area (Å²) >= 11 is 1.39. The summed E-state index contributed by atoms with van der Waals surface area (Å²) in [4.78, 5) is 19.7. The summed E-state index contributed by atoms with van der Waals surface area (Å²) < 4.78 is 44.9. The third kappa shape index (κ3) is 6.04. The molecule has 0 aliphatic carbocycles. The Balaban J connectivity index is 1.55. The predicted molar refractivity (Wildman–Crippen MR) is 136 cm³/mol. The third-order valence-corrected chi connectivity index (χ3v) is 8.22. The number of anilines is 1. The van der Waals surface area contributed by atoms with Crippen LogP contribution in [0.2, 0.25) is 0 Å². The van der Waals surface area contributed by atoms with Gasteiger partial charge in [0, 0.05) is 6.42 Å². The van der Waals surface area contributed by atoms with E-state index in [0.717, 1.165) is 22.4 Å². The number of para-hydroxylation sites is 1. The first-order valence-electron chi connectivity index (χ1n) is 11.2. The quantitative estimate of drug-likeness (QED) is 0.258. The average molecular weight is 513 g/mol. The fourth-order valence-corrected chi connectivity index (χ4v) is 5.95. The summed E-state index contributed by atoms with van der Waals surface area (Å²) in [6.07, 6.45) is 0.167.